The molecular weight excluding hydrogens is 240 g/mol. The SMILES string of the molecule is CC(C)c1nnsc1C(O)Cc1ccsc1. The maximum absolute atomic E-state index is 10.1. The highest BCUT2D eigenvalue weighted by Crippen LogP contribution is 2.28. The van der Waals surface area contributed by atoms with Crippen LogP contribution in [0.25, 0.3) is 0 Å². The quantitative estimate of drug-likeness (QED) is 0.912. The van der Waals surface area contributed by atoms with Crippen molar-refractivity contribution in [3.63, 3.8) is 0 Å². The van der Waals surface area contributed by atoms with E-state index in [1.807, 2.05) is 11.4 Å². The second kappa shape index (κ2) is 5.03. The largest absolute Gasteiger partial charge is 0.387 e. The molecule has 0 aliphatic heterocycles. The second-order valence-corrected chi connectivity index (χ2v) is 5.59. The van der Waals surface area contributed by atoms with Crippen molar-refractivity contribution in [2.24, 2.45) is 0 Å². The molecule has 0 aromatic carbocycles. The van der Waals surface area contributed by atoms with Crippen molar-refractivity contribution in [2.75, 3.05) is 0 Å². The Bertz CT molecular complexity index is 437. The summed E-state index contributed by atoms with van der Waals surface area (Å²) in [6, 6.07) is 2.04. The van der Waals surface area contributed by atoms with Gasteiger partial charge in [-0.25, -0.2) is 0 Å². The number of hydrogen-bond acceptors (Lipinski definition) is 5. The third-order valence-electron chi connectivity index (χ3n) is 2.40. The van der Waals surface area contributed by atoms with Gasteiger partial charge in [-0.05, 0) is 39.8 Å². The summed E-state index contributed by atoms with van der Waals surface area (Å²) < 4.78 is 3.93. The first-order chi connectivity index (χ1) is 7.68. The number of aliphatic hydroxyl groups is 1. The van der Waals surface area contributed by atoms with Crippen LogP contribution in [0.2, 0.25) is 0 Å². The van der Waals surface area contributed by atoms with Gasteiger partial charge in [-0.1, -0.05) is 18.3 Å². The highest BCUT2D eigenvalue weighted by Gasteiger charge is 2.19. The normalized spacial score (nSPS) is 13.2. The maximum atomic E-state index is 10.1. The number of thiophene rings is 1. The number of hydrogen-bond donors (Lipinski definition) is 1. The predicted molar refractivity (Wildman–Crippen MR) is 67.0 cm³/mol. The van der Waals surface area contributed by atoms with Gasteiger partial charge in [-0.3, -0.25) is 0 Å². The van der Waals surface area contributed by atoms with Gasteiger partial charge in [0.25, 0.3) is 0 Å². The van der Waals surface area contributed by atoms with Crippen LogP contribution < -0.4 is 0 Å². The molecule has 0 aliphatic carbocycles. The Hall–Kier alpha value is -0.780. The van der Waals surface area contributed by atoms with E-state index in [1.54, 1.807) is 11.3 Å². The molecule has 0 fully saturated rings. The Morgan fingerprint density at radius 2 is 2.25 bits per heavy atom. The minimum Gasteiger partial charge on any atom is -0.387 e. The maximum Gasteiger partial charge on any atom is 0.0957 e. The van der Waals surface area contributed by atoms with Crippen molar-refractivity contribution in [1.29, 1.82) is 0 Å². The molecule has 0 saturated carbocycles. The summed E-state index contributed by atoms with van der Waals surface area (Å²) in [5, 5.41) is 18.3. The molecule has 3 nitrogen and oxygen atoms in total. The average Bonchev–Trinajstić information content (AvgIpc) is 2.86. The summed E-state index contributed by atoms with van der Waals surface area (Å²) in [5.74, 6) is 0.311. The van der Waals surface area contributed by atoms with Gasteiger partial charge in [0.2, 0.25) is 0 Å². The Balaban J connectivity index is 2.14. The number of aliphatic hydroxyl groups excluding tert-OH is 1. The van der Waals surface area contributed by atoms with E-state index in [4.69, 9.17) is 0 Å². The standard InChI is InChI=1S/C11H14N2OS2/c1-7(2)10-11(16-13-12-10)9(14)5-8-3-4-15-6-8/h3-4,6-7,9,14H,5H2,1-2H3. The molecule has 0 bridgehead atoms. The lowest BCUT2D eigenvalue weighted by molar-refractivity contribution is 0.181. The molecular formula is C11H14N2OS2. The fraction of sp³-hybridized carbons (Fsp3) is 0.455. The molecule has 1 unspecified atom stereocenters. The van der Waals surface area contributed by atoms with E-state index in [2.05, 4.69) is 28.8 Å². The first-order valence-corrected chi connectivity index (χ1v) is 6.91. The first kappa shape index (κ1) is 11.7. The summed E-state index contributed by atoms with van der Waals surface area (Å²) in [7, 11) is 0. The fourth-order valence-corrected chi connectivity index (χ4v) is 3.03. The number of rotatable bonds is 4. The molecule has 2 aromatic rings. The van der Waals surface area contributed by atoms with Crippen molar-refractivity contribution in [2.45, 2.75) is 32.3 Å². The van der Waals surface area contributed by atoms with E-state index in [0.29, 0.717) is 12.3 Å². The van der Waals surface area contributed by atoms with Crippen LogP contribution in [0.5, 0.6) is 0 Å². The molecule has 0 saturated heterocycles. The van der Waals surface area contributed by atoms with Gasteiger partial charge in [0.05, 0.1) is 16.7 Å². The number of nitrogens with zero attached hydrogens (tertiary/aromatic N) is 2. The molecule has 2 aromatic heterocycles. The third-order valence-corrected chi connectivity index (χ3v) is 3.97. The Labute approximate surface area is 103 Å². The van der Waals surface area contributed by atoms with Gasteiger partial charge < -0.3 is 5.11 Å². The van der Waals surface area contributed by atoms with Crippen LogP contribution in [0.1, 0.15) is 42.0 Å². The molecule has 0 aliphatic rings. The summed E-state index contributed by atoms with van der Waals surface area (Å²) >= 11 is 2.95. The predicted octanol–water partition coefficient (Wildman–Crippen LogP) is 3.00. The van der Waals surface area contributed by atoms with Gasteiger partial charge in [-0.2, -0.15) is 11.3 Å². The third kappa shape index (κ3) is 2.48. The molecule has 16 heavy (non-hydrogen) atoms. The molecule has 1 atom stereocenters. The van der Waals surface area contributed by atoms with Gasteiger partial charge >= 0.3 is 0 Å². The van der Waals surface area contributed by atoms with Crippen LogP contribution in [0, 0.1) is 0 Å². The first-order valence-electron chi connectivity index (χ1n) is 5.19. The molecule has 1 N–H and O–H groups in total. The van der Waals surface area contributed by atoms with E-state index in [1.165, 1.54) is 17.1 Å². The summed E-state index contributed by atoms with van der Waals surface area (Å²) in [5.41, 5.74) is 2.09. The lowest BCUT2D eigenvalue weighted by Crippen LogP contribution is -2.03. The monoisotopic (exact) mass is 254 g/mol. The van der Waals surface area contributed by atoms with Crippen molar-refractivity contribution in [3.05, 3.63) is 33.0 Å². The Kier molecular flexibility index (Phi) is 3.68. The zero-order valence-electron chi connectivity index (χ0n) is 9.25. The van der Waals surface area contributed by atoms with Crippen LogP contribution in [-0.2, 0) is 6.42 Å². The molecule has 0 radical (unpaired) electrons. The fourth-order valence-electron chi connectivity index (χ4n) is 1.56. The zero-order chi connectivity index (χ0) is 11.5. The van der Waals surface area contributed by atoms with Crippen LogP contribution in [0.4, 0.5) is 0 Å². The van der Waals surface area contributed by atoms with Crippen molar-refractivity contribution < 1.29 is 5.11 Å². The summed E-state index contributed by atoms with van der Waals surface area (Å²) in [4.78, 5) is 0.904. The second-order valence-electron chi connectivity index (χ2n) is 4.03. The van der Waals surface area contributed by atoms with E-state index < -0.39 is 6.10 Å². The van der Waals surface area contributed by atoms with Crippen LogP contribution in [0.15, 0.2) is 16.8 Å². The van der Waals surface area contributed by atoms with E-state index >= 15 is 0 Å². The molecule has 5 heteroatoms. The molecule has 2 rings (SSSR count). The lowest BCUT2D eigenvalue weighted by Gasteiger charge is -2.10. The highest BCUT2D eigenvalue weighted by atomic mass is 32.1. The van der Waals surface area contributed by atoms with Crippen molar-refractivity contribution >= 4 is 22.9 Å². The lowest BCUT2D eigenvalue weighted by atomic mass is 10.0. The minimum atomic E-state index is -0.480. The van der Waals surface area contributed by atoms with Crippen LogP contribution >= 0.6 is 22.9 Å². The molecule has 86 valence electrons. The van der Waals surface area contributed by atoms with E-state index in [9.17, 15) is 5.11 Å². The molecule has 0 spiro atoms. The van der Waals surface area contributed by atoms with Gasteiger partial charge in [0.1, 0.15) is 0 Å². The number of aromatic nitrogens is 2. The van der Waals surface area contributed by atoms with Crippen LogP contribution in [0.3, 0.4) is 0 Å². The van der Waals surface area contributed by atoms with Crippen LogP contribution in [-0.4, -0.2) is 14.7 Å². The topological polar surface area (TPSA) is 46.0 Å². The summed E-state index contributed by atoms with van der Waals surface area (Å²) in [6.07, 6.45) is 0.166. The van der Waals surface area contributed by atoms with Gasteiger partial charge in [0.15, 0.2) is 0 Å². The van der Waals surface area contributed by atoms with E-state index in [0.717, 1.165) is 10.6 Å². The van der Waals surface area contributed by atoms with E-state index in [-0.39, 0.29) is 0 Å². The molecule has 0 amide bonds. The van der Waals surface area contributed by atoms with Crippen molar-refractivity contribution in [3.8, 4) is 0 Å². The average molecular weight is 254 g/mol. The highest BCUT2D eigenvalue weighted by molar-refractivity contribution is 7.08. The molecule has 2 heterocycles. The van der Waals surface area contributed by atoms with Gasteiger partial charge in [0, 0.05) is 6.42 Å². The Morgan fingerprint density at radius 3 is 2.88 bits per heavy atom. The smallest absolute Gasteiger partial charge is 0.0957 e. The van der Waals surface area contributed by atoms with Crippen molar-refractivity contribution in [1.82, 2.24) is 9.59 Å². The Morgan fingerprint density at radius 1 is 1.44 bits per heavy atom. The minimum absolute atomic E-state index is 0.311. The zero-order valence-corrected chi connectivity index (χ0v) is 10.9. The summed E-state index contributed by atoms with van der Waals surface area (Å²) in [6.45, 7) is 4.13. The van der Waals surface area contributed by atoms with Gasteiger partial charge in [-0.15, -0.1) is 5.10 Å².